The zero-order chi connectivity index (χ0) is 19.8. The van der Waals surface area contributed by atoms with Gasteiger partial charge in [0.2, 0.25) is 0 Å². The third-order valence-corrected chi connectivity index (χ3v) is 5.39. The average Bonchev–Trinajstić information content (AvgIpc) is 2.97. The highest BCUT2D eigenvalue weighted by Crippen LogP contribution is 2.23. The predicted molar refractivity (Wildman–Crippen MR) is 103 cm³/mol. The third kappa shape index (κ3) is 4.11. The van der Waals surface area contributed by atoms with Crippen molar-refractivity contribution in [2.75, 3.05) is 5.32 Å². The molecule has 0 atom stereocenters. The van der Waals surface area contributed by atoms with Crippen LogP contribution in [0.5, 0.6) is 0 Å². The predicted octanol–water partition coefficient (Wildman–Crippen LogP) is 3.93. The van der Waals surface area contributed by atoms with Crippen LogP contribution in [0.4, 0.5) is 10.6 Å². The van der Waals surface area contributed by atoms with E-state index in [0.29, 0.717) is 5.39 Å². The Morgan fingerprint density at radius 1 is 1.07 bits per heavy atom. The van der Waals surface area contributed by atoms with Gasteiger partial charge in [-0.1, -0.05) is 17.7 Å². The Morgan fingerprint density at radius 3 is 2.37 bits per heavy atom. The number of fused-ring (bicyclic) bond motifs is 1. The van der Waals surface area contributed by atoms with Crippen molar-refractivity contribution in [3.63, 3.8) is 0 Å². The van der Waals surface area contributed by atoms with Gasteiger partial charge >= 0.3 is 6.09 Å². The van der Waals surface area contributed by atoms with Crippen LogP contribution in [0.3, 0.4) is 0 Å². The number of anilines is 1. The molecule has 0 aliphatic heterocycles. The Bertz CT molecular complexity index is 1090. The van der Waals surface area contributed by atoms with Gasteiger partial charge in [-0.25, -0.2) is 22.2 Å². The molecule has 0 saturated heterocycles. The van der Waals surface area contributed by atoms with Crippen LogP contribution < -0.4 is 5.32 Å². The Balaban J connectivity index is 1.98. The number of aromatic nitrogens is 2. The summed E-state index contributed by atoms with van der Waals surface area (Å²) in [6.07, 6.45) is 0.790. The number of benzene rings is 1. The maximum atomic E-state index is 13.0. The second kappa shape index (κ2) is 6.70. The van der Waals surface area contributed by atoms with E-state index in [1.165, 1.54) is 6.20 Å². The first-order chi connectivity index (χ1) is 12.6. The smallest absolute Gasteiger partial charge is 0.413 e. The minimum absolute atomic E-state index is 0.165. The summed E-state index contributed by atoms with van der Waals surface area (Å²) >= 11 is 0. The fourth-order valence-corrected chi connectivity index (χ4v) is 3.78. The van der Waals surface area contributed by atoms with E-state index >= 15 is 0 Å². The highest BCUT2D eigenvalue weighted by atomic mass is 32.2. The van der Waals surface area contributed by atoms with E-state index in [-0.39, 0.29) is 16.4 Å². The van der Waals surface area contributed by atoms with Crippen LogP contribution in [0, 0.1) is 6.92 Å². The number of nitrogens with zero attached hydrogens (tertiary/aromatic N) is 2. The normalized spacial score (nSPS) is 12.1. The van der Waals surface area contributed by atoms with Crippen LogP contribution in [-0.2, 0) is 14.8 Å². The minimum Gasteiger partial charge on any atom is -0.444 e. The van der Waals surface area contributed by atoms with Gasteiger partial charge in [-0.15, -0.1) is 0 Å². The molecule has 2 aromatic heterocycles. The van der Waals surface area contributed by atoms with Crippen molar-refractivity contribution >= 4 is 33.0 Å². The maximum Gasteiger partial charge on any atom is 0.413 e. The summed E-state index contributed by atoms with van der Waals surface area (Å²) in [5.74, 6) is 0.204. The molecule has 8 heteroatoms. The lowest BCUT2D eigenvalue weighted by atomic mass is 10.2. The van der Waals surface area contributed by atoms with Crippen LogP contribution >= 0.6 is 0 Å². The number of ether oxygens (including phenoxy) is 1. The molecule has 0 bridgehead atoms. The zero-order valence-corrected chi connectivity index (χ0v) is 16.4. The van der Waals surface area contributed by atoms with Crippen LogP contribution in [-0.4, -0.2) is 29.1 Å². The first-order valence-electron chi connectivity index (χ1n) is 8.37. The molecule has 27 heavy (non-hydrogen) atoms. The van der Waals surface area contributed by atoms with E-state index in [9.17, 15) is 13.2 Å². The second-order valence-electron chi connectivity index (χ2n) is 7.17. The van der Waals surface area contributed by atoms with Crippen LogP contribution in [0.25, 0.3) is 11.0 Å². The number of rotatable bonds is 3. The zero-order valence-electron chi connectivity index (χ0n) is 15.6. The van der Waals surface area contributed by atoms with Gasteiger partial charge in [-0.3, -0.25) is 5.32 Å². The van der Waals surface area contributed by atoms with Crippen molar-refractivity contribution in [1.82, 2.24) is 8.96 Å². The number of amides is 1. The van der Waals surface area contributed by atoms with E-state index in [1.807, 2.05) is 6.92 Å². The fourth-order valence-electron chi connectivity index (χ4n) is 2.48. The molecular formula is C19H21N3O4S. The van der Waals surface area contributed by atoms with E-state index in [2.05, 4.69) is 10.3 Å². The molecule has 3 aromatic rings. The molecular weight excluding hydrogens is 366 g/mol. The van der Waals surface area contributed by atoms with Gasteiger partial charge in [0.25, 0.3) is 10.0 Å². The monoisotopic (exact) mass is 387 g/mol. The standard InChI is InChI=1S/C19H21N3O4S/c1-13-5-8-15(9-6-13)27(24,25)22-12-11-14-7-10-16(20-17(14)22)21-18(23)26-19(2,3)4/h5-12H,1-4H3,(H,20,21,23). The number of nitrogens with one attached hydrogen (secondary N) is 1. The molecule has 1 aromatic carbocycles. The van der Waals surface area contributed by atoms with Gasteiger partial charge in [0.05, 0.1) is 4.90 Å². The summed E-state index contributed by atoms with van der Waals surface area (Å²) in [7, 11) is -3.80. The molecule has 1 N–H and O–H groups in total. The van der Waals surface area contributed by atoms with E-state index in [0.717, 1.165) is 9.54 Å². The minimum atomic E-state index is -3.80. The molecule has 2 heterocycles. The first-order valence-corrected chi connectivity index (χ1v) is 9.81. The molecule has 7 nitrogen and oxygen atoms in total. The summed E-state index contributed by atoms with van der Waals surface area (Å²) < 4.78 is 32.2. The first kappa shape index (κ1) is 18.9. The molecule has 0 unspecified atom stereocenters. The number of hydrogen-bond donors (Lipinski definition) is 1. The van der Waals surface area contributed by atoms with Gasteiger partial charge in [0.15, 0.2) is 5.65 Å². The molecule has 0 radical (unpaired) electrons. The summed E-state index contributed by atoms with van der Waals surface area (Å²) in [6.45, 7) is 7.14. The van der Waals surface area contributed by atoms with Crippen molar-refractivity contribution < 1.29 is 17.9 Å². The van der Waals surface area contributed by atoms with Crippen molar-refractivity contribution in [2.24, 2.45) is 0 Å². The van der Waals surface area contributed by atoms with Gasteiger partial charge in [-0.05, 0) is 58.0 Å². The largest absolute Gasteiger partial charge is 0.444 e. The lowest BCUT2D eigenvalue weighted by Gasteiger charge is -2.19. The van der Waals surface area contributed by atoms with E-state index in [1.54, 1.807) is 63.2 Å². The molecule has 142 valence electrons. The molecule has 0 saturated carbocycles. The molecule has 1 amide bonds. The fraction of sp³-hybridized carbons (Fsp3) is 0.263. The number of hydrogen-bond acceptors (Lipinski definition) is 5. The molecule has 0 fully saturated rings. The topological polar surface area (TPSA) is 90.3 Å². The highest BCUT2D eigenvalue weighted by molar-refractivity contribution is 7.90. The SMILES string of the molecule is Cc1ccc(S(=O)(=O)n2ccc3ccc(NC(=O)OC(C)(C)C)nc32)cc1. The van der Waals surface area contributed by atoms with Crippen molar-refractivity contribution in [3.8, 4) is 0 Å². The van der Waals surface area contributed by atoms with Crippen molar-refractivity contribution in [1.29, 1.82) is 0 Å². The van der Waals surface area contributed by atoms with Crippen LogP contribution in [0.2, 0.25) is 0 Å². The number of pyridine rings is 1. The van der Waals surface area contributed by atoms with Crippen molar-refractivity contribution in [2.45, 2.75) is 38.2 Å². The number of carbonyl (C=O) groups excluding carboxylic acids is 1. The summed E-state index contributed by atoms with van der Waals surface area (Å²) in [5, 5.41) is 3.17. The molecule has 3 rings (SSSR count). The molecule has 0 aliphatic carbocycles. The Hall–Kier alpha value is -2.87. The summed E-state index contributed by atoms with van der Waals surface area (Å²) in [4.78, 5) is 16.4. The summed E-state index contributed by atoms with van der Waals surface area (Å²) in [5.41, 5.74) is 0.542. The van der Waals surface area contributed by atoms with Crippen molar-refractivity contribution in [3.05, 3.63) is 54.2 Å². The van der Waals surface area contributed by atoms with Gasteiger partial charge in [0, 0.05) is 11.6 Å². The second-order valence-corrected chi connectivity index (χ2v) is 8.98. The lowest BCUT2D eigenvalue weighted by molar-refractivity contribution is 0.0635. The average molecular weight is 387 g/mol. The Kier molecular flexibility index (Phi) is 4.69. The Labute approximate surface area is 158 Å². The van der Waals surface area contributed by atoms with Gasteiger partial charge < -0.3 is 4.74 Å². The maximum absolute atomic E-state index is 13.0. The van der Waals surface area contributed by atoms with E-state index < -0.39 is 21.7 Å². The number of aryl methyl sites for hydroxylation is 1. The molecule has 0 aliphatic rings. The lowest BCUT2D eigenvalue weighted by Crippen LogP contribution is -2.27. The molecule has 0 spiro atoms. The number of carbonyl (C=O) groups is 1. The van der Waals surface area contributed by atoms with Crippen LogP contribution in [0.15, 0.2) is 53.6 Å². The van der Waals surface area contributed by atoms with Gasteiger partial charge in [0.1, 0.15) is 11.4 Å². The highest BCUT2D eigenvalue weighted by Gasteiger charge is 2.21. The quantitative estimate of drug-likeness (QED) is 0.735. The van der Waals surface area contributed by atoms with Crippen LogP contribution in [0.1, 0.15) is 26.3 Å². The van der Waals surface area contributed by atoms with Gasteiger partial charge in [-0.2, -0.15) is 0 Å². The summed E-state index contributed by atoms with van der Waals surface area (Å²) in [6, 6.07) is 11.5. The third-order valence-electron chi connectivity index (χ3n) is 3.71. The Morgan fingerprint density at radius 2 is 1.74 bits per heavy atom. The van der Waals surface area contributed by atoms with E-state index in [4.69, 9.17) is 4.74 Å².